The lowest BCUT2D eigenvalue weighted by Crippen LogP contribution is -2.32. The molecule has 0 aromatic heterocycles. The highest BCUT2D eigenvalue weighted by molar-refractivity contribution is 9.10. The Morgan fingerprint density at radius 1 is 1.30 bits per heavy atom. The minimum atomic E-state index is -0.270. The van der Waals surface area contributed by atoms with Crippen molar-refractivity contribution in [2.45, 2.75) is 6.42 Å². The summed E-state index contributed by atoms with van der Waals surface area (Å²) in [4.78, 5) is 23.3. The molecule has 1 aromatic carbocycles. The van der Waals surface area contributed by atoms with E-state index in [9.17, 15) is 9.59 Å². The number of carbonyl (C=O) groups excluding carboxylic acids is 2. The molecule has 0 spiro atoms. The summed E-state index contributed by atoms with van der Waals surface area (Å²) in [5, 5.41) is 5.34. The minimum absolute atomic E-state index is 0.131. The van der Waals surface area contributed by atoms with Gasteiger partial charge in [0.05, 0.1) is 16.6 Å². The number of nitrogen functional groups attached to an aromatic ring is 1. The van der Waals surface area contributed by atoms with E-state index in [0.29, 0.717) is 28.9 Å². The molecule has 7 heteroatoms. The van der Waals surface area contributed by atoms with Gasteiger partial charge < -0.3 is 21.1 Å². The van der Waals surface area contributed by atoms with Crippen LogP contribution in [0.15, 0.2) is 22.7 Å². The topological polar surface area (TPSA) is 93.5 Å². The number of hydrogen-bond donors (Lipinski definition) is 3. The Balaban J connectivity index is 2.37. The molecule has 6 nitrogen and oxygen atoms in total. The van der Waals surface area contributed by atoms with Crippen molar-refractivity contribution < 1.29 is 14.3 Å². The van der Waals surface area contributed by atoms with Crippen LogP contribution in [0.5, 0.6) is 0 Å². The Morgan fingerprint density at radius 3 is 2.75 bits per heavy atom. The van der Waals surface area contributed by atoms with E-state index >= 15 is 0 Å². The number of nitrogens with two attached hydrogens (primary N) is 1. The Labute approximate surface area is 126 Å². The summed E-state index contributed by atoms with van der Waals surface area (Å²) in [5.74, 6) is -0.400. The largest absolute Gasteiger partial charge is 0.398 e. The first-order chi connectivity index (χ1) is 9.56. The smallest absolute Gasteiger partial charge is 0.252 e. The van der Waals surface area contributed by atoms with E-state index in [4.69, 9.17) is 10.5 Å². The minimum Gasteiger partial charge on any atom is -0.398 e. The second-order valence-corrected chi connectivity index (χ2v) is 4.85. The van der Waals surface area contributed by atoms with Gasteiger partial charge in [-0.05, 0) is 28.1 Å². The highest BCUT2D eigenvalue weighted by atomic mass is 79.9. The standard InChI is InChI=1S/C13H18BrN3O3/c1-20-8-7-16-11(18)5-6-17-13(19)9-3-2-4-10(15)12(9)14/h2-4H,5-8,15H2,1H3,(H,16,18)(H,17,19). The molecule has 0 atom stereocenters. The number of amides is 2. The third-order valence-corrected chi connectivity index (χ3v) is 3.42. The first-order valence-corrected chi connectivity index (χ1v) is 6.93. The van der Waals surface area contributed by atoms with Crippen LogP contribution >= 0.6 is 15.9 Å². The van der Waals surface area contributed by atoms with E-state index in [1.54, 1.807) is 25.3 Å². The average Bonchev–Trinajstić information content (AvgIpc) is 2.42. The highest BCUT2D eigenvalue weighted by Crippen LogP contribution is 2.23. The molecule has 2 amide bonds. The van der Waals surface area contributed by atoms with Crippen LogP contribution in [0.2, 0.25) is 0 Å². The SMILES string of the molecule is COCCNC(=O)CCNC(=O)c1cccc(N)c1Br. The van der Waals surface area contributed by atoms with Crippen LogP contribution in [-0.2, 0) is 9.53 Å². The second-order valence-electron chi connectivity index (χ2n) is 4.06. The quantitative estimate of drug-likeness (QED) is 0.506. The molecule has 110 valence electrons. The van der Waals surface area contributed by atoms with Crippen molar-refractivity contribution in [2.24, 2.45) is 0 Å². The molecule has 0 aliphatic heterocycles. The van der Waals surface area contributed by atoms with Crippen molar-refractivity contribution in [3.05, 3.63) is 28.2 Å². The molecule has 0 aliphatic carbocycles. The summed E-state index contributed by atoms with van der Waals surface area (Å²) < 4.78 is 5.37. The zero-order valence-electron chi connectivity index (χ0n) is 11.2. The zero-order valence-corrected chi connectivity index (χ0v) is 12.8. The number of halogens is 1. The maximum atomic E-state index is 11.9. The average molecular weight is 344 g/mol. The molecule has 0 aliphatic rings. The number of anilines is 1. The predicted molar refractivity (Wildman–Crippen MR) is 80.4 cm³/mol. The van der Waals surface area contributed by atoms with Crippen LogP contribution in [0, 0.1) is 0 Å². The van der Waals surface area contributed by atoms with E-state index in [1.165, 1.54) is 0 Å². The number of carbonyl (C=O) groups is 2. The summed E-state index contributed by atoms with van der Waals surface area (Å²) in [6.45, 7) is 1.19. The van der Waals surface area contributed by atoms with Crippen LogP contribution in [-0.4, -0.2) is 38.6 Å². The molecule has 0 saturated heterocycles. The summed E-state index contributed by atoms with van der Waals surface area (Å²) in [6, 6.07) is 5.06. The molecule has 1 rings (SSSR count). The van der Waals surface area contributed by atoms with Gasteiger partial charge in [-0.25, -0.2) is 0 Å². The molecule has 0 unspecified atom stereocenters. The lowest BCUT2D eigenvalue weighted by Gasteiger charge is -2.08. The van der Waals surface area contributed by atoms with Crippen molar-refractivity contribution in [2.75, 3.05) is 32.5 Å². The van der Waals surface area contributed by atoms with Crippen molar-refractivity contribution >= 4 is 33.4 Å². The predicted octanol–water partition coefficient (Wildman–Crippen LogP) is 0.914. The summed E-state index contributed by atoms with van der Waals surface area (Å²) in [6.07, 6.45) is 0.218. The van der Waals surface area contributed by atoms with Crippen LogP contribution in [0.3, 0.4) is 0 Å². The van der Waals surface area contributed by atoms with E-state index in [2.05, 4.69) is 26.6 Å². The maximum Gasteiger partial charge on any atom is 0.252 e. The van der Waals surface area contributed by atoms with Crippen LogP contribution in [0.25, 0.3) is 0 Å². The zero-order chi connectivity index (χ0) is 15.0. The summed E-state index contributed by atoms with van der Waals surface area (Å²) in [5.41, 5.74) is 6.64. The molecule has 1 aromatic rings. The van der Waals surface area contributed by atoms with Crippen LogP contribution in [0.1, 0.15) is 16.8 Å². The van der Waals surface area contributed by atoms with Gasteiger partial charge in [0, 0.05) is 32.3 Å². The molecule has 20 heavy (non-hydrogen) atoms. The lowest BCUT2D eigenvalue weighted by atomic mass is 10.2. The van der Waals surface area contributed by atoms with Crippen molar-refractivity contribution in [3.8, 4) is 0 Å². The molecule has 0 fully saturated rings. The number of benzene rings is 1. The van der Waals surface area contributed by atoms with Gasteiger partial charge in [-0.3, -0.25) is 9.59 Å². The summed E-state index contributed by atoms with van der Waals surface area (Å²) in [7, 11) is 1.57. The van der Waals surface area contributed by atoms with Gasteiger partial charge >= 0.3 is 0 Å². The fourth-order valence-electron chi connectivity index (χ4n) is 1.49. The maximum absolute atomic E-state index is 11.9. The van der Waals surface area contributed by atoms with Gasteiger partial charge in [0.1, 0.15) is 0 Å². The second kappa shape index (κ2) is 8.55. The van der Waals surface area contributed by atoms with Crippen LogP contribution < -0.4 is 16.4 Å². The van der Waals surface area contributed by atoms with Crippen molar-refractivity contribution in [3.63, 3.8) is 0 Å². The molecular formula is C13H18BrN3O3. The first-order valence-electron chi connectivity index (χ1n) is 6.14. The van der Waals surface area contributed by atoms with Gasteiger partial charge in [-0.1, -0.05) is 6.07 Å². The normalized spacial score (nSPS) is 10.1. The Kier molecular flexibility index (Phi) is 7.03. The van der Waals surface area contributed by atoms with Gasteiger partial charge in [-0.15, -0.1) is 0 Å². The lowest BCUT2D eigenvalue weighted by molar-refractivity contribution is -0.121. The van der Waals surface area contributed by atoms with E-state index < -0.39 is 0 Å². The Bertz CT molecular complexity index is 480. The fraction of sp³-hybridized carbons (Fsp3) is 0.385. The molecular weight excluding hydrogens is 326 g/mol. The van der Waals surface area contributed by atoms with E-state index in [1.807, 2.05) is 0 Å². The van der Waals surface area contributed by atoms with Crippen molar-refractivity contribution in [1.29, 1.82) is 0 Å². The third-order valence-electron chi connectivity index (χ3n) is 2.54. The van der Waals surface area contributed by atoms with Gasteiger partial charge in [0.25, 0.3) is 5.91 Å². The number of rotatable bonds is 7. The third kappa shape index (κ3) is 5.18. The Hall–Kier alpha value is -1.60. The monoisotopic (exact) mass is 343 g/mol. The molecule has 0 saturated carbocycles. The van der Waals surface area contributed by atoms with Gasteiger partial charge in [-0.2, -0.15) is 0 Å². The van der Waals surface area contributed by atoms with Gasteiger partial charge in [0.15, 0.2) is 0 Å². The van der Waals surface area contributed by atoms with Crippen LogP contribution in [0.4, 0.5) is 5.69 Å². The van der Waals surface area contributed by atoms with Gasteiger partial charge in [0.2, 0.25) is 5.91 Å². The van der Waals surface area contributed by atoms with E-state index in [0.717, 1.165) is 0 Å². The number of nitrogens with one attached hydrogen (secondary N) is 2. The summed E-state index contributed by atoms with van der Waals surface area (Å²) >= 11 is 3.26. The van der Waals surface area contributed by atoms with E-state index in [-0.39, 0.29) is 24.8 Å². The molecule has 0 radical (unpaired) electrons. The number of hydrogen-bond acceptors (Lipinski definition) is 4. The Morgan fingerprint density at radius 2 is 2.05 bits per heavy atom. The first kappa shape index (κ1) is 16.5. The number of ether oxygens (including phenoxy) is 1. The highest BCUT2D eigenvalue weighted by Gasteiger charge is 2.11. The molecule has 4 N–H and O–H groups in total. The molecule has 0 heterocycles. The number of methoxy groups -OCH3 is 1. The van der Waals surface area contributed by atoms with Crippen molar-refractivity contribution in [1.82, 2.24) is 10.6 Å². The molecule has 0 bridgehead atoms. The fourth-order valence-corrected chi connectivity index (χ4v) is 1.94.